The molecule has 1 fully saturated rings. The van der Waals surface area contributed by atoms with E-state index in [0.717, 1.165) is 35.2 Å². The van der Waals surface area contributed by atoms with Crippen LogP contribution in [0.3, 0.4) is 0 Å². The van der Waals surface area contributed by atoms with Crippen LogP contribution in [0.4, 0.5) is 0 Å². The zero-order valence-corrected chi connectivity index (χ0v) is 16.4. The van der Waals surface area contributed by atoms with Crippen molar-refractivity contribution >= 4 is 33.5 Å². The van der Waals surface area contributed by atoms with Crippen LogP contribution in [-0.4, -0.2) is 30.7 Å². The molecule has 0 unspecified atom stereocenters. The van der Waals surface area contributed by atoms with Crippen molar-refractivity contribution in [2.45, 2.75) is 13.2 Å². The van der Waals surface area contributed by atoms with E-state index < -0.39 is 5.97 Å². The number of aromatic carboxylic acids is 1. The van der Waals surface area contributed by atoms with Crippen molar-refractivity contribution in [2.75, 3.05) is 19.6 Å². The summed E-state index contributed by atoms with van der Waals surface area (Å²) in [6.07, 6.45) is 0. The molecule has 1 saturated heterocycles. The smallest absolute Gasteiger partial charge is 0.335 e. The molecule has 0 atom stereocenters. The van der Waals surface area contributed by atoms with Crippen LogP contribution < -0.4 is 15.4 Å². The molecule has 3 N–H and O–H groups in total. The SMILES string of the molecule is O=C(O)c1cc(CNCC2CNC2)cc(OCc2ccc(Cl)cc2Br)c1. The van der Waals surface area contributed by atoms with E-state index in [9.17, 15) is 9.90 Å². The van der Waals surface area contributed by atoms with Gasteiger partial charge in [-0.05, 0) is 41.8 Å². The minimum atomic E-state index is -0.965. The number of carboxylic acid groups (broad SMARTS) is 1. The number of halogens is 2. The predicted molar refractivity (Wildman–Crippen MR) is 105 cm³/mol. The molecule has 0 amide bonds. The van der Waals surface area contributed by atoms with Gasteiger partial charge >= 0.3 is 5.97 Å². The molecule has 0 radical (unpaired) electrons. The summed E-state index contributed by atoms with van der Waals surface area (Å²) in [6, 6.07) is 10.6. The van der Waals surface area contributed by atoms with E-state index in [-0.39, 0.29) is 5.56 Å². The molecule has 5 nitrogen and oxygen atoms in total. The Balaban J connectivity index is 1.67. The molecule has 2 aromatic rings. The van der Waals surface area contributed by atoms with Crippen molar-refractivity contribution in [3.63, 3.8) is 0 Å². The van der Waals surface area contributed by atoms with Gasteiger partial charge in [0, 0.05) is 41.2 Å². The van der Waals surface area contributed by atoms with E-state index in [4.69, 9.17) is 16.3 Å². The average Bonchev–Trinajstić information content (AvgIpc) is 2.56. The van der Waals surface area contributed by atoms with Gasteiger partial charge in [0.15, 0.2) is 0 Å². The van der Waals surface area contributed by atoms with E-state index in [0.29, 0.717) is 29.8 Å². The number of benzene rings is 2. The van der Waals surface area contributed by atoms with E-state index >= 15 is 0 Å². The first kappa shape index (κ1) is 19.2. The first-order valence-electron chi connectivity index (χ1n) is 8.36. The van der Waals surface area contributed by atoms with Crippen LogP contribution in [0.1, 0.15) is 21.5 Å². The Morgan fingerprint density at radius 1 is 1.31 bits per heavy atom. The lowest BCUT2D eigenvalue weighted by Gasteiger charge is -2.27. The molecule has 1 aliphatic heterocycles. The standard InChI is InChI=1S/C19H20BrClN2O3/c20-18-6-16(21)2-1-14(18)11-26-17-4-12(3-15(5-17)19(24)25)7-22-8-13-9-23-10-13/h1-6,13,22-23H,7-11H2,(H,24,25). The highest BCUT2D eigenvalue weighted by atomic mass is 79.9. The van der Waals surface area contributed by atoms with Gasteiger partial charge in [0.2, 0.25) is 0 Å². The quantitative estimate of drug-likeness (QED) is 0.585. The molecule has 3 rings (SSSR count). The Morgan fingerprint density at radius 3 is 2.77 bits per heavy atom. The summed E-state index contributed by atoms with van der Waals surface area (Å²) in [4.78, 5) is 11.4. The number of hydrogen-bond acceptors (Lipinski definition) is 4. The molecule has 1 aliphatic rings. The first-order valence-corrected chi connectivity index (χ1v) is 9.54. The van der Waals surface area contributed by atoms with Gasteiger partial charge in [-0.2, -0.15) is 0 Å². The zero-order chi connectivity index (χ0) is 18.5. The topological polar surface area (TPSA) is 70.6 Å². The second-order valence-electron chi connectivity index (χ2n) is 6.35. The molecule has 26 heavy (non-hydrogen) atoms. The van der Waals surface area contributed by atoms with Crippen molar-refractivity contribution < 1.29 is 14.6 Å². The Bertz CT molecular complexity index is 796. The monoisotopic (exact) mass is 438 g/mol. The van der Waals surface area contributed by atoms with Gasteiger partial charge in [0.1, 0.15) is 12.4 Å². The maximum atomic E-state index is 11.4. The van der Waals surface area contributed by atoms with Crippen LogP contribution in [0.5, 0.6) is 5.75 Å². The summed E-state index contributed by atoms with van der Waals surface area (Å²) in [5.41, 5.74) is 2.05. The van der Waals surface area contributed by atoms with Gasteiger partial charge in [-0.15, -0.1) is 0 Å². The molecule has 2 aromatic carbocycles. The third-order valence-corrected chi connectivity index (χ3v) is 5.22. The molecule has 0 aromatic heterocycles. The lowest BCUT2D eigenvalue weighted by Crippen LogP contribution is -2.47. The third kappa shape index (κ3) is 5.20. The Kier molecular flexibility index (Phi) is 6.53. The number of rotatable bonds is 8. The number of ether oxygens (including phenoxy) is 1. The van der Waals surface area contributed by atoms with Gasteiger partial charge in [0.25, 0.3) is 0 Å². The first-order chi connectivity index (χ1) is 12.5. The number of hydrogen-bond donors (Lipinski definition) is 3. The third-order valence-electron chi connectivity index (χ3n) is 4.25. The number of nitrogens with one attached hydrogen (secondary N) is 2. The van der Waals surface area contributed by atoms with Gasteiger partial charge < -0.3 is 20.5 Å². The second-order valence-corrected chi connectivity index (χ2v) is 7.64. The molecule has 0 bridgehead atoms. The summed E-state index contributed by atoms with van der Waals surface area (Å²) in [5.74, 6) is 0.219. The molecule has 1 heterocycles. The summed E-state index contributed by atoms with van der Waals surface area (Å²) in [5, 5.41) is 16.6. The summed E-state index contributed by atoms with van der Waals surface area (Å²) in [7, 11) is 0. The van der Waals surface area contributed by atoms with Crippen molar-refractivity contribution in [1.29, 1.82) is 0 Å². The fraction of sp³-hybridized carbons (Fsp3) is 0.316. The molecular weight excluding hydrogens is 420 g/mol. The fourth-order valence-corrected chi connectivity index (χ4v) is 3.48. The van der Waals surface area contributed by atoms with Gasteiger partial charge in [-0.3, -0.25) is 0 Å². The largest absolute Gasteiger partial charge is 0.489 e. The maximum Gasteiger partial charge on any atom is 0.335 e. The van der Waals surface area contributed by atoms with Gasteiger partial charge in [0.05, 0.1) is 5.56 Å². The van der Waals surface area contributed by atoms with Crippen LogP contribution >= 0.6 is 27.5 Å². The highest BCUT2D eigenvalue weighted by Gasteiger charge is 2.16. The Hall–Kier alpha value is -1.60. The van der Waals surface area contributed by atoms with E-state index in [1.165, 1.54) is 0 Å². The predicted octanol–water partition coefficient (Wildman–Crippen LogP) is 3.69. The van der Waals surface area contributed by atoms with Crippen LogP contribution in [0.25, 0.3) is 0 Å². The second kappa shape index (κ2) is 8.86. The summed E-state index contributed by atoms with van der Waals surface area (Å²) < 4.78 is 6.69. The molecule has 0 spiro atoms. The molecule has 138 valence electrons. The van der Waals surface area contributed by atoms with Gasteiger partial charge in [-0.25, -0.2) is 4.79 Å². The lowest BCUT2D eigenvalue weighted by atomic mass is 10.0. The minimum absolute atomic E-state index is 0.222. The van der Waals surface area contributed by atoms with Crippen LogP contribution in [0.2, 0.25) is 5.02 Å². The normalized spacial score (nSPS) is 14.1. The molecular formula is C19H20BrClN2O3. The van der Waals surface area contributed by atoms with Gasteiger partial charge in [-0.1, -0.05) is 33.6 Å². The molecule has 7 heteroatoms. The Labute approximate surface area is 165 Å². The van der Waals surface area contributed by atoms with Crippen molar-refractivity contribution in [2.24, 2.45) is 5.92 Å². The lowest BCUT2D eigenvalue weighted by molar-refractivity contribution is 0.0696. The van der Waals surface area contributed by atoms with Crippen molar-refractivity contribution in [3.05, 3.63) is 62.6 Å². The highest BCUT2D eigenvalue weighted by Crippen LogP contribution is 2.24. The maximum absolute atomic E-state index is 11.4. The molecule has 0 saturated carbocycles. The summed E-state index contributed by atoms with van der Waals surface area (Å²) >= 11 is 9.41. The number of carboxylic acids is 1. The van der Waals surface area contributed by atoms with Crippen LogP contribution in [0.15, 0.2) is 40.9 Å². The number of carbonyl (C=O) groups is 1. The summed E-state index contributed by atoms with van der Waals surface area (Å²) in [6.45, 7) is 3.91. The van der Waals surface area contributed by atoms with Crippen molar-refractivity contribution in [1.82, 2.24) is 10.6 Å². The van der Waals surface area contributed by atoms with E-state index in [1.54, 1.807) is 24.3 Å². The Morgan fingerprint density at radius 2 is 2.12 bits per heavy atom. The zero-order valence-electron chi connectivity index (χ0n) is 14.1. The van der Waals surface area contributed by atoms with Crippen LogP contribution in [0, 0.1) is 5.92 Å². The van der Waals surface area contributed by atoms with Crippen molar-refractivity contribution in [3.8, 4) is 5.75 Å². The fourth-order valence-electron chi connectivity index (χ4n) is 2.68. The average molecular weight is 440 g/mol. The minimum Gasteiger partial charge on any atom is -0.489 e. The van der Waals surface area contributed by atoms with E-state index in [2.05, 4.69) is 26.6 Å². The van der Waals surface area contributed by atoms with Crippen LogP contribution in [-0.2, 0) is 13.2 Å². The molecule has 0 aliphatic carbocycles. The highest BCUT2D eigenvalue weighted by molar-refractivity contribution is 9.10. The van der Waals surface area contributed by atoms with E-state index in [1.807, 2.05) is 12.1 Å².